The molecule has 3 heterocycles. The summed E-state index contributed by atoms with van der Waals surface area (Å²) in [6, 6.07) is 14.8. The Morgan fingerprint density at radius 1 is 0.514 bits per heavy atom. The van der Waals surface area contributed by atoms with Gasteiger partial charge in [-0.3, -0.25) is 14.5 Å². The fraction of sp³-hybridized carbons (Fsp3) is 0.520. The summed E-state index contributed by atoms with van der Waals surface area (Å²) in [5.74, 6) is -0.745. The van der Waals surface area contributed by atoms with Crippen molar-refractivity contribution in [3.8, 4) is 0 Å². The number of sulfonamides is 3. The maximum absolute atomic E-state index is 14.7. The van der Waals surface area contributed by atoms with Crippen LogP contribution < -0.4 is 16.0 Å². The number of carbonyl (C=O) groups excluding carboxylic acids is 3. The number of aromatic nitrogens is 6. The number of rotatable bonds is 26. The van der Waals surface area contributed by atoms with Crippen molar-refractivity contribution in [1.29, 1.82) is 0 Å². The fourth-order valence-electron chi connectivity index (χ4n) is 10.2. The molecule has 0 saturated heterocycles. The van der Waals surface area contributed by atoms with Gasteiger partial charge in [0.15, 0.2) is 0 Å². The molecule has 0 atom stereocenters. The van der Waals surface area contributed by atoms with Gasteiger partial charge in [0.25, 0.3) is 0 Å². The van der Waals surface area contributed by atoms with E-state index in [2.05, 4.69) is 66.1 Å². The predicted octanol–water partition coefficient (Wildman–Crippen LogP) is 16.5. The number of alkyl carbamates (subject to hydrolysis) is 3. The quantitative estimate of drug-likeness (QED) is 0.0290. The number of carbonyl (C=O) groups is 3. The van der Waals surface area contributed by atoms with E-state index in [1.165, 1.54) is 72.6 Å². The van der Waals surface area contributed by atoms with Crippen LogP contribution in [0, 0.1) is 20.8 Å². The third-order valence-electron chi connectivity index (χ3n) is 15.4. The number of H-pyrrole nitrogens is 1. The van der Waals surface area contributed by atoms with Crippen molar-refractivity contribution in [2.75, 3.05) is 67.3 Å². The Bertz CT molecular complexity index is 4470. The van der Waals surface area contributed by atoms with Crippen molar-refractivity contribution in [3.05, 3.63) is 173 Å². The van der Waals surface area contributed by atoms with E-state index in [4.69, 9.17) is 49.0 Å². The topological polar surface area (TPSA) is 291 Å². The Hall–Kier alpha value is -6.81. The molecule has 4 N–H and O–H groups in total. The number of amides is 3. The van der Waals surface area contributed by atoms with Crippen LogP contribution >= 0.6 is 50.7 Å². The number of ether oxygens (including phenoxy) is 3. The minimum absolute atomic E-state index is 0.00827. The summed E-state index contributed by atoms with van der Waals surface area (Å²) in [7, 11) is -2.06. The maximum atomic E-state index is 14.7. The number of aryl methyl sites for hydroxylation is 2. The van der Waals surface area contributed by atoms with Crippen molar-refractivity contribution >= 4 is 99.1 Å². The van der Waals surface area contributed by atoms with Crippen molar-refractivity contribution < 1.29 is 67.0 Å². The fourth-order valence-corrected chi connectivity index (χ4v) is 14.7. The van der Waals surface area contributed by atoms with Gasteiger partial charge in [0.05, 0.1) is 50.6 Å². The molecule has 0 fully saturated rings. The highest BCUT2D eigenvalue weighted by Crippen LogP contribution is 2.33. The third-order valence-corrected chi connectivity index (χ3v) is 22.9. The number of hydrogen-bond donors (Lipinski definition) is 4. The number of alkyl halides is 1. The van der Waals surface area contributed by atoms with E-state index in [9.17, 15) is 52.8 Å². The molecular formula is C75H109BrCl3F3N12O12S3. The molecule has 3 aromatic carbocycles. The Labute approximate surface area is 666 Å². The zero-order chi connectivity index (χ0) is 83.4. The number of aromatic amines is 1. The molecule has 0 aliphatic carbocycles. The second-order valence-electron chi connectivity index (χ2n) is 29.8. The first-order chi connectivity index (χ1) is 50.0. The molecule has 6 aromatic rings. The normalized spacial score (nSPS) is 12.8. The number of halogens is 7. The van der Waals surface area contributed by atoms with Crippen molar-refractivity contribution in [2.24, 2.45) is 0 Å². The Balaban J connectivity index is 0.000000397. The van der Waals surface area contributed by atoms with Crippen molar-refractivity contribution in [1.82, 2.24) is 58.6 Å². The zero-order valence-corrected chi connectivity index (χ0v) is 73.2. The van der Waals surface area contributed by atoms with E-state index < -0.39 is 76.8 Å². The van der Waals surface area contributed by atoms with Crippen LogP contribution in [0.25, 0.3) is 0 Å². The smallest absolute Gasteiger partial charge is 0.407 e. The number of nitrogens with zero attached hydrogens (tertiary/aromatic N) is 8. The summed E-state index contributed by atoms with van der Waals surface area (Å²) < 4.78 is 138. The van der Waals surface area contributed by atoms with E-state index in [0.717, 1.165) is 80.5 Å². The standard InChI is InChI=1S/2C25H36ClFN4O4S.C16H22ClN3O2S.C9H15BrFNO2/c1-16(2)23-20(13-18-9-10-22(21(26)14-18)36(33,34)30(7)8)17(3)31(29-23)15-19(27)11-12-28-24(32)35-25(4,5)6;1-16(2)23-20(13-18-9-10-22(21(26)14-18)36(33,34)30(7)8)17(3)29-31(23)15-19(27)11-12-28-24(32)35-25(4,5)6;1-10(2)16-13(11(3)18-19-16)8-12-6-7-15(14(17)9-12)23(21,22)20(4)5;1-9(2,3)14-8(13)12-5-4-7(11)6-10/h2*9-11,14,16H,12-13,15H2,1-8H3,(H,28,32);6-7,9-10H,8H2,1-5H3,(H,18,19);4H,5-6H2,1-3H3,(H,12,13)/b2*19-11-;;7-4-. The summed E-state index contributed by atoms with van der Waals surface area (Å²) in [6.45, 7) is 33.7. The molecule has 608 valence electrons. The van der Waals surface area contributed by atoms with Gasteiger partial charge in [-0.15, -0.1) is 0 Å². The average molecular weight is 1710 g/mol. The van der Waals surface area contributed by atoms with Crippen LogP contribution in [-0.4, -0.2) is 170 Å². The van der Waals surface area contributed by atoms with Gasteiger partial charge >= 0.3 is 18.3 Å². The SMILES string of the molecule is CC(C)(C)OC(=O)NC/C=C(\F)CBr.Cc1[nH]nc(C(C)C)c1Cc1ccc(S(=O)(=O)N(C)C)c(Cl)c1.Cc1c(Cc2ccc(S(=O)(=O)N(C)C)c(Cl)c2)c(C(C)C)nn1C/C(F)=C/CNC(=O)OC(C)(C)C.Cc1nn(C/C(F)=C/CNC(=O)OC(C)(C)C)c(C(C)C)c1Cc1ccc(S(=O)(=O)N(C)C)c(Cl)c1. The largest absolute Gasteiger partial charge is 0.444 e. The van der Waals surface area contributed by atoms with Crippen molar-refractivity contribution in [2.45, 2.75) is 206 Å². The Kier molecular flexibility index (Phi) is 36.8. The van der Waals surface area contributed by atoms with E-state index >= 15 is 0 Å². The van der Waals surface area contributed by atoms with E-state index in [1.807, 2.05) is 48.5 Å². The van der Waals surface area contributed by atoms with Crippen LogP contribution in [0.4, 0.5) is 27.6 Å². The van der Waals surface area contributed by atoms with Crippen LogP contribution in [0.15, 0.2) is 105 Å². The number of benzene rings is 3. The molecule has 0 radical (unpaired) electrons. The second-order valence-corrected chi connectivity index (χ2v) is 38.0. The third kappa shape index (κ3) is 30.7. The van der Waals surface area contributed by atoms with Crippen LogP contribution in [-0.2, 0) is 76.6 Å². The van der Waals surface area contributed by atoms with Crippen LogP contribution in [0.1, 0.15) is 189 Å². The van der Waals surface area contributed by atoms with E-state index in [1.54, 1.807) is 114 Å². The van der Waals surface area contributed by atoms with Gasteiger partial charge in [0, 0.05) is 115 Å². The lowest BCUT2D eigenvalue weighted by Gasteiger charge is -2.19. The lowest BCUT2D eigenvalue weighted by Crippen LogP contribution is -2.32. The summed E-state index contributed by atoms with van der Waals surface area (Å²) in [4.78, 5) is 34.7. The van der Waals surface area contributed by atoms with E-state index in [0.29, 0.717) is 25.2 Å². The van der Waals surface area contributed by atoms with Crippen LogP contribution in [0.2, 0.25) is 15.1 Å². The first kappa shape index (κ1) is 96.4. The minimum Gasteiger partial charge on any atom is -0.444 e. The van der Waals surface area contributed by atoms with Gasteiger partial charge in [0.2, 0.25) is 30.1 Å². The second kappa shape index (κ2) is 41.6. The van der Waals surface area contributed by atoms with Gasteiger partial charge in [0.1, 0.15) is 49.0 Å². The van der Waals surface area contributed by atoms with Gasteiger partial charge in [-0.1, -0.05) is 110 Å². The molecule has 0 bridgehead atoms. The molecule has 109 heavy (non-hydrogen) atoms. The lowest BCUT2D eigenvalue weighted by atomic mass is 9.97. The van der Waals surface area contributed by atoms with Gasteiger partial charge in [-0.2, -0.15) is 15.3 Å². The summed E-state index contributed by atoms with van der Waals surface area (Å²) in [5.41, 5.74) is 9.11. The molecule has 0 spiro atoms. The number of allylic oxidation sites excluding steroid dienone is 3. The first-order valence-electron chi connectivity index (χ1n) is 34.8. The molecule has 0 unspecified atom stereocenters. The van der Waals surface area contributed by atoms with Gasteiger partial charge in [-0.05, 0) is 172 Å². The minimum atomic E-state index is -3.66. The lowest BCUT2D eigenvalue weighted by molar-refractivity contribution is 0.0522. The van der Waals surface area contributed by atoms with Gasteiger partial charge < -0.3 is 30.2 Å². The maximum Gasteiger partial charge on any atom is 0.407 e. The molecule has 0 aliphatic rings. The first-order valence-corrected chi connectivity index (χ1v) is 41.4. The summed E-state index contributed by atoms with van der Waals surface area (Å²) >= 11 is 21.8. The predicted molar refractivity (Wildman–Crippen MR) is 429 cm³/mol. The number of hydrogen-bond acceptors (Lipinski definition) is 15. The summed E-state index contributed by atoms with van der Waals surface area (Å²) in [5, 5.41) is 24.6. The van der Waals surface area contributed by atoms with E-state index in [-0.39, 0.29) is 85.5 Å². The average Bonchev–Trinajstić information content (AvgIpc) is 1.79. The highest BCUT2D eigenvalue weighted by molar-refractivity contribution is 9.09. The molecule has 3 aromatic heterocycles. The van der Waals surface area contributed by atoms with Crippen molar-refractivity contribution in [3.63, 3.8) is 0 Å². The zero-order valence-electron chi connectivity index (χ0n) is 66.9. The van der Waals surface area contributed by atoms with Crippen LogP contribution in [0.3, 0.4) is 0 Å². The molecule has 34 heteroatoms. The Morgan fingerprint density at radius 3 is 1.16 bits per heavy atom. The molecule has 6 rings (SSSR count). The monoisotopic (exact) mass is 1710 g/mol. The Morgan fingerprint density at radius 2 is 0.844 bits per heavy atom. The molecule has 0 aliphatic heterocycles. The highest BCUT2D eigenvalue weighted by atomic mass is 79.9. The summed E-state index contributed by atoms with van der Waals surface area (Å²) in [6.07, 6.45) is 3.66. The molecule has 0 saturated carbocycles. The molecule has 24 nitrogen and oxygen atoms in total. The van der Waals surface area contributed by atoms with Crippen LogP contribution in [0.5, 0.6) is 0 Å². The highest BCUT2D eigenvalue weighted by Gasteiger charge is 2.28. The molecule has 3 amide bonds. The number of nitrogens with one attached hydrogen (secondary N) is 4. The van der Waals surface area contributed by atoms with Gasteiger partial charge in [-0.25, -0.2) is 65.7 Å². The molecular weight excluding hydrogens is 1600 g/mol.